The molecule has 3 rings (SSSR count). The number of aromatic amines is 1. The minimum absolute atomic E-state index is 0.254. The molecule has 3 N–H and O–H groups in total. The fourth-order valence-electron chi connectivity index (χ4n) is 3.42. The summed E-state index contributed by atoms with van der Waals surface area (Å²) in [6, 6.07) is 10.0. The van der Waals surface area contributed by atoms with Crippen LogP contribution in [-0.4, -0.2) is 38.7 Å². The predicted molar refractivity (Wildman–Crippen MR) is 119 cm³/mol. The average molecular weight is 431 g/mol. The lowest BCUT2D eigenvalue weighted by molar-refractivity contribution is 0.601. The van der Waals surface area contributed by atoms with Crippen LogP contribution in [0.4, 0.5) is 4.39 Å². The van der Waals surface area contributed by atoms with Crippen LogP contribution in [-0.2, 0) is 22.8 Å². The van der Waals surface area contributed by atoms with E-state index >= 15 is 0 Å². The number of sulfone groups is 1. The van der Waals surface area contributed by atoms with Gasteiger partial charge in [-0.15, -0.1) is 0 Å². The molecule has 8 heteroatoms. The van der Waals surface area contributed by atoms with E-state index in [1.54, 1.807) is 25.1 Å². The fraction of sp³-hybridized carbons (Fsp3) is 0.318. The topological polar surface area (TPSA) is 86.3 Å². The third-order valence-corrected chi connectivity index (χ3v) is 6.08. The first-order chi connectivity index (χ1) is 14.3. The van der Waals surface area contributed by atoms with Crippen LogP contribution in [0.1, 0.15) is 23.6 Å². The Kier molecular flexibility index (Phi) is 6.77. The van der Waals surface area contributed by atoms with Gasteiger partial charge in [-0.05, 0) is 61.2 Å². The summed E-state index contributed by atoms with van der Waals surface area (Å²) >= 11 is 0. The van der Waals surface area contributed by atoms with Gasteiger partial charge in [0, 0.05) is 36.4 Å². The monoisotopic (exact) mass is 430 g/mol. The van der Waals surface area contributed by atoms with Crippen molar-refractivity contribution in [1.82, 2.24) is 15.6 Å². The summed E-state index contributed by atoms with van der Waals surface area (Å²) in [4.78, 5) is 8.05. The van der Waals surface area contributed by atoms with Gasteiger partial charge in [0.1, 0.15) is 5.82 Å². The van der Waals surface area contributed by atoms with Gasteiger partial charge in [-0.1, -0.05) is 12.1 Å². The molecular formula is C22H27FN4O2S. The number of aliphatic imine (C=N–C) groups is 1. The van der Waals surface area contributed by atoms with Crippen LogP contribution in [0.2, 0.25) is 0 Å². The van der Waals surface area contributed by atoms with E-state index in [2.05, 4.69) is 20.6 Å². The summed E-state index contributed by atoms with van der Waals surface area (Å²) in [5.74, 6) is 0.434. The minimum Gasteiger partial charge on any atom is -0.361 e. The highest BCUT2D eigenvalue weighted by Crippen LogP contribution is 2.19. The van der Waals surface area contributed by atoms with Gasteiger partial charge >= 0.3 is 0 Å². The molecule has 0 radical (unpaired) electrons. The largest absolute Gasteiger partial charge is 0.361 e. The number of nitrogens with zero attached hydrogens (tertiary/aromatic N) is 1. The summed E-state index contributed by atoms with van der Waals surface area (Å²) in [6.45, 7) is 5.62. The van der Waals surface area contributed by atoms with Gasteiger partial charge in [0.25, 0.3) is 0 Å². The van der Waals surface area contributed by atoms with Crippen LogP contribution in [0, 0.1) is 12.7 Å². The van der Waals surface area contributed by atoms with Crippen LogP contribution in [0.5, 0.6) is 0 Å². The van der Waals surface area contributed by atoms with E-state index < -0.39 is 9.84 Å². The standard InChI is InChI=1S/C22H27FN4O2S/c1-4-24-22(27-13-16-5-8-21(15(2)11-16)30(3,28)29)25-10-9-17-14-26-20-12-18(23)6-7-19(17)20/h5-8,11-12,14,26H,4,9-10,13H2,1-3H3,(H2,24,25,27). The third-order valence-electron chi connectivity index (χ3n) is 4.82. The first-order valence-corrected chi connectivity index (χ1v) is 11.7. The maximum atomic E-state index is 13.3. The predicted octanol–water partition coefficient (Wildman–Crippen LogP) is 3.32. The van der Waals surface area contributed by atoms with Crippen molar-refractivity contribution in [2.45, 2.75) is 31.7 Å². The van der Waals surface area contributed by atoms with Gasteiger partial charge in [0.05, 0.1) is 11.4 Å². The summed E-state index contributed by atoms with van der Waals surface area (Å²) < 4.78 is 36.9. The summed E-state index contributed by atoms with van der Waals surface area (Å²) in [6.07, 6.45) is 3.88. The molecule has 160 valence electrons. The lowest BCUT2D eigenvalue weighted by atomic mass is 10.1. The van der Waals surface area contributed by atoms with Gasteiger partial charge in [-0.2, -0.15) is 0 Å². The van der Waals surface area contributed by atoms with Gasteiger partial charge in [0.15, 0.2) is 15.8 Å². The SMILES string of the molecule is CCNC(=NCc1ccc(S(C)(=O)=O)c(C)c1)NCCc1c[nH]c2cc(F)ccc12. The number of H-pyrrole nitrogens is 1. The van der Waals surface area contributed by atoms with Crippen molar-refractivity contribution >= 4 is 26.7 Å². The zero-order valence-electron chi connectivity index (χ0n) is 17.4. The van der Waals surface area contributed by atoms with Crippen LogP contribution in [0.15, 0.2) is 52.5 Å². The molecule has 6 nitrogen and oxygen atoms in total. The Morgan fingerprint density at radius 3 is 2.67 bits per heavy atom. The van der Waals surface area contributed by atoms with Crippen molar-refractivity contribution in [2.75, 3.05) is 19.3 Å². The molecule has 0 fully saturated rings. The van der Waals surface area contributed by atoms with E-state index in [1.165, 1.54) is 18.4 Å². The Hall–Kier alpha value is -2.87. The molecule has 0 saturated heterocycles. The normalized spacial score (nSPS) is 12.3. The number of fused-ring (bicyclic) bond motifs is 1. The number of aryl methyl sites for hydroxylation is 1. The second-order valence-corrected chi connectivity index (χ2v) is 9.23. The van der Waals surface area contributed by atoms with Gasteiger partial charge in [-0.25, -0.2) is 17.8 Å². The first-order valence-electron chi connectivity index (χ1n) is 9.85. The van der Waals surface area contributed by atoms with Gasteiger partial charge in [0.2, 0.25) is 0 Å². The van der Waals surface area contributed by atoms with Crippen molar-refractivity contribution < 1.29 is 12.8 Å². The zero-order valence-corrected chi connectivity index (χ0v) is 18.2. The van der Waals surface area contributed by atoms with Gasteiger partial charge in [-0.3, -0.25) is 0 Å². The molecule has 2 aromatic carbocycles. The van der Waals surface area contributed by atoms with Crippen LogP contribution in [0.3, 0.4) is 0 Å². The smallest absolute Gasteiger partial charge is 0.191 e. The van der Waals surface area contributed by atoms with E-state index in [4.69, 9.17) is 0 Å². The number of guanidine groups is 1. The van der Waals surface area contributed by atoms with Crippen molar-refractivity contribution in [3.63, 3.8) is 0 Å². The molecular weight excluding hydrogens is 403 g/mol. The number of halogens is 1. The maximum absolute atomic E-state index is 13.3. The van der Waals surface area contributed by atoms with Crippen molar-refractivity contribution in [3.8, 4) is 0 Å². The quantitative estimate of drug-likeness (QED) is 0.396. The lowest BCUT2D eigenvalue weighted by Crippen LogP contribution is -2.38. The van der Waals surface area contributed by atoms with Crippen molar-refractivity contribution in [1.29, 1.82) is 0 Å². The van der Waals surface area contributed by atoms with Crippen LogP contribution < -0.4 is 10.6 Å². The molecule has 0 atom stereocenters. The Morgan fingerprint density at radius 2 is 1.97 bits per heavy atom. The van der Waals surface area contributed by atoms with E-state index in [0.29, 0.717) is 23.9 Å². The van der Waals surface area contributed by atoms with E-state index in [0.717, 1.165) is 40.6 Å². The highest BCUT2D eigenvalue weighted by Gasteiger charge is 2.11. The first kappa shape index (κ1) is 21.8. The highest BCUT2D eigenvalue weighted by molar-refractivity contribution is 7.90. The minimum atomic E-state index is -3.23. The zero-order chi connectivity index (χ0) is 21.7. The molecule has 0 aliphatic heterocycles. The summed E-state index contributed by atoms with van der Waals surface area (Å²) in [5, 5.41) is 7.54. The van der Waals surface area contributed by atoms with E-state index in [9.17, 15) is 12.8 Å². The second kappa shape index (κ2) is 9.30. The highest BCUT2D eigenvalue weighted by atomic mass is 32.2. The lowest BCUT2D eigenvalue weighted by Gasteiger charge is -2.12. The molecule has 30 heavy (non-hydrogen) atoms. The summed E-state index contributed by atoms with van der Waals surface area (Å²) in [7, 11) is -3.23. The third kappa shape index (κ3) is 5.38. The molecule has 0 aliphatic carbocycles. The maximum Gasteiger partial charge on any atom is 0.191 e. The Labute approximate surface area is 176 Å². The number of rotatable bonds is 7. The molecule has 0 amide bonds. The summed E-state index contributed by atoms with van der Waals surface area (Å²) in [5.41, 5.74) is 3.56. The van der Waals surface area contributed by atoms with E-state index in [1.807, 2.05) is 19.2 Å². The van der Waals surface area contributed by atoms with Gasteiger partial charge < -0.3 is 15.6 Å². The molecule has 0 aliphatic rings. The Balaban J connectivity index is 1.64. The van der Waals surface area contributed by atoms with E-state index in [-0.39, 0.29) is 5.82 Å². The number of hydrogen-bond donors (Lipinski definition) is 3. The van der Waals surface area contributed by atoms with Crippen molar-refractivity contribution in [2.24, 2.45) is 4.99 Å². The van der Waals surface area contributed by atoms with Crippen LogP contribution >= 0.6 is 0 Å². The average Bonchev–Trinajstić information content (AvgIpc) is 3.07. The molecule has 0 bridgehead atoms. The molecule has 3 aromatic rings. The molecule has 0 unspecified atom stereocenters. The Morgan fingerprint density at radius 1 is 1.17 bits per heavy atom. The fourth-order valence-corrected chi connectivity index (χ4v) is 4.38. The number of benzene rings is 2. The molecule has 0 spiro atoms. The molecule has 1 aromatic heterocycles. The molecule has 1 heterocycles. The second-order valence-electron chi connectivity index (χ2n) is 7.25. The molecule has 0 saturated carbocycles. The van der Waals surface area contributed by atoms with Crippen LogP contribution in [0.25, 0.3) is 10.9 Å². The number of aromatic nitrogens is 1. The van der Waals surface area contributed by atoms with Crippen molar-refractivity contribution in [3.05, 3.63) is 65.1 Å². The number of hydrogen-bond acceptors (Lipinski definition) is 3. The number of nitrogens with one attached hydrogen (secondary N) is 3. The Bertz CT molecular complexity index is 1170.